The molecule has 3 aromatic rings. The number of nitrogens with one attached hydrogen (secondary N) is 1. The highest BCUT2D eigenvalue weighted by molar-refractivity contribution is 7.18. The average molecular weight is 301 g/mol. The van der Waals surface area contributed by atoms with Crippen LogP contribution in [0.15, 0.2) is 18.2 Å². The van der Waals surface area contributed by atoms with Crippen molar-refractivity contribution in [3.63, 3.8) is 0 Å². The third-order valence-corrected chi connectivity index (χ3v) is 4.68. The maximum Gasteiger partial charge on any atom is 0.143 e. The smallest absolute Gasteiger partial charge is 0.143 e. The molecule has 0 saturated carbocycles. The third-order valence-electron chi connectivity index (χ3n) is 3.58. The fourth-order valence-electron chi connectivity index (χ4n) is 2.25. The summed E-state index contributed by atoms with van der Waals surface area (Å²) in [6, 6.07) is 5.11. The van der Waals surface area contributed by atoms with Gasteiger partial charge in [-0.3, -0.25) is 0 Å². The summed E-state index contributed by atoms with van der Waals surface area (Å²) < 4.78 is 13.7. The number of anilines is 2. The van der Waals surface area contributed by atoms with Crippen LogP contribution in [0.2, 0.25) is 0 Å². The van der Waals surface area contributed by atoms with Crippen molar-refractivity contribution in [2.45, 2.75) is 27.7 Å². The van der Waals surface area contributed by atoms with Gasteiger partial charge in [0.2, 0.25) is 0 Å². The zero-order valence-corrected chi connectivity index (χ0v) is 13.2. The molecule has 0 atom stereocenters. The van der Waals surface area contributed by atoms with Crippen LogP contribution in [-0.4, -0.2) is 9.97 Å². The van der Waals surface area contributed by atoms with Gasteiger partial charge in [0.05, 0.1) is 5.39 Å². The molecular weight excluding hydrogens is 285 g/mol. The molecule has 3 nitrogen and oxygen atoms in total. The topological polar surface area (TPSA) is 37.8 Å². The Bertz CT molecular complexity index is 839. The molecule has 1 aromatic carbocycles. The molecule has 5 heteroatoms. The quantitative estimate of drug-likeness (QED) is 0.738. The summed E-state index contributed by atoms with van der Waals surface area (Å²) in [5, 5.41) is 4.24. The lowest BCUT2D eigenvalue weighted by Crippen LogP contribution is -1.99. The fourth-order valence-corrected chi connectivity index (χ4v) is 3.33. The Labute approximate surface area is 126 Å². The number of fused-ring (bicyclic) bond motifs is 1. The molecule has 3 rings (SSSR count). The van der Waals surface area contributed by atoms with Crippen LogP contribution in [0.1, 0.15) is 21.8 Å². The Morgan fingerprint density at radius 3 is 2.57 bits per heavy atom. The second-order valence-electron chi connectivity index (χ2n) is 5.17. The summed E-state index contributed by atoms with van der Waals surface area (Å²) in [6.45, 7) is 7.75. The number of aryl methyl sites for hydroxylation is 4. The second-order valence-corrected chi connectivity index (χ2v) is 6.37. The monoisotopic (exact) mass is 301 g/mol. The SMILES string of the molecule is Cc1nc(Nc2ccc(C)c(F)c2)c2c(C)c(C)sc2n1. The average Bonchev–Trinajstić information content (AvgIpc) is 2.69. The Kier molecular flexibility index (Phi) is 3.37. The molecule has 108 valence electrons. The molecule has 2 heterocycles. The van der Waals surface area contributed by atoms with Crippen LogP contribution in [0.25, 0.3) is 10.2 Å². The van der Waals surface area contributed by atoms with Gasteiger partial charge in [0.1, 0.15) is 22.3 Å². The van der Waals surface area contributed by atoms with E-state index in [0.717, 1.165) is 16.0 Å². The zero-order chi connectivity index (χ0) is 15.1. The first-order chi connectivity index (χ1) is 9.95. The Morgan fingerprint density at radius 1 is 1.10 bits per heavy atom. The van der Waals surface area contributed by atoms with Crippen LogP contribution in [0.3, 0.4) is 0 Å². The molecule has 0 fully saturated rings. The standard InChI is InChI=1S/C16H16FN3S/c1-8-5-6-12(7-13(8)17)20-15-14-9(2)10(3)21-16(14)19-11(4)18-15/h5-7H,1-4H3,(H,18,19,20). The first-order valence-electron chi connectivity index (χ1n) is 6.73. The summed E-state index contributed by atoms with van der Waals surface area (Å²) >= 11 is 1.66. The van der Waals surface area contributed by atoms with Gasteiger partial charge >= 0.3 is 0 Å². The Balaban J connectivity index is 2.13. The van der Waals surface area contributed by atoms with Crippen LogP contribution in [0.5, 0.6) is 0 Å². The minimum absolute atomic E-state index is 0.222. The molecular formula is C16H16FN3S. The van der Waals surface area contributed by atoms with Crippen molar-refractivity contribution in [1.29, 1.82) is 0 Å². The summed E-state index contributed by atoms with van der Waals surface area (Å²) in [7, 11) is 0. The second kappa shape index (κ2) is 5.07. The van der Waals surface area contributed by atoms with E-state index >= 15 is 0 Å². The maximum atomic E-state index is 13.7. The number of hydrogen-bond donors (Lipinski definition) is 1. The zero-order valence-electron chi connectivity index (χ0n) is 12.4. The van der Waals surface area contributed by atoms with E-state index in [2.05, 4.69) is 29.1 Å². The Hall–Kier alpha value is -2.01. The molecule has 0 radical (unpaired) electrons. The fraction of sp³-hybridized carbons (Fsp3) is 0.250. The van der Waals surface area contributed by atoms with Gasteiger partial charge in [-0.05, 0) is 51.0 Å². The maximum absolute atomic E-state index is 13.7. The molecule has 0 amide bonds. The van der Waals surface area contributed by atoms with Gasteiger partial charge in [-0.25, -0.2) is 14.4 Å². The highest BCUT2D eigenvalue weighted by Crippen LogP contribution is 2.34. The van der Waals surface area contributed by atoms with Crippen LogP contribution >= 0.6 is 11.3 Å². The lowest BCUT2D eigenvalue weighted by Gasteiger charge is -2.09. The lowest BCUT2D eigenvalue weighted by molar-refractivity contribution is 0.619. The first-order valence-corrected chi connectivity index (χ1v) is 7.55. The van der Waals surface area contributed by atoms with Gasteiger partial charge in [0.25, 0.3) is 0 Å². The molecule has 0 unspecified atom stereocenters. The van der Waals surface area contributed by atoms with Crippen LogP contribution in [0.4, 0.5) is 15.9 Å². The molecule has 2 aromatic heterocycles. The van der Waals surface area contributed by atoms with Crippen molar-refractivity contribution in [2.24, 2.45) is 0 Å². The van der Waals surface area contributed by atoms with E-state index < -0.39 is 0 Å². The molecule has 21 heavy (non-hydrogen) atoms. The van der Waals surface area contributed by atoms with Crippen molar-refractivity contribution in [3.8, 4) is 0 Å². The van der Waals surface area contributed by atoms with E-state index in [1.165, 1.54) is 16.5 Å². The number of aromatic nitrogens is 2. The largest absolute Gasteiger partial charge is 0.339 e. The van der Waals surface area contributed by atoms with E-state index in [9.17, 15) is 4.39 Å². The van der Waals surface area contributed by atoms with Gasteiger partial charge < -0.3 is 5.32 Å². The van der Waals surface area contributed by atoms with Gasteiger partial charge in [-0.2, -0.15) is 0 Å². The molecule has 0 aliphatic carbocycles. The van der Waals surface area contributed by atoms with E-state index in [0.29, 0.717) is 17.1 Å². The molecule has 0 aliphatic rings. The number of rotatable bonds is 2. The van der Waals surface area contributed by atoms with E-state index in [1.54, 1.807) is 24.3 Å². The highest BCUT2D eigenvalue weighted by Gasteiger charge is 2.13. The van der Waals surface area contributed by atoms with Crippen molar-refractivity contribution < 1.29 is 4.39 Å². The van der Waals surface area contributed by atoms with Crippen molar-refractivity contribution in [3.05, 3.63) is 45.8 Å². The van der Waals surface area contributed by atoms with Gasteiger partial charge in [-0.15, -0.1) is 11.3 Å². The summed E-state index contributed by atoms with van der Waals surface area (Å²) in [6.07, 6.45) is 0. The number of halogens is 1. The number of thiophene rings is 1. The summed E-state index contributed by atoms with van der Waals surface area (Å²) in [5.74, 6) is 1.22. The van der Waals surface area contributed by atoms with E-state index in [1.807, 2.05) is 13.0 Å². The summed E-state index contributed by atoms with van der Waals surface area (Å²) in [5.41, 5.74) is 2.50. The van der Waals surface area contributed by atoms with Crippen LogP contribution < -0.4 is 5.32 Å². The Morgan fingerprint density at radius 2 is 1.86 bits per heavy atom. The predicted molar refractivity (Wildman–Crippen MR) is 86.0 cm³/mol. The minimum Gasteiger partial charge on any atom is -0.339 e. The van der Waals surface area contributed by atoms with E-state index in [4.69, 9.17) is 0 Å². The van der Waals surface area contributed by atoms with Gasteiger partial charge in [-0.1, -0.05) is 6.07 Å². The third kappa shape index (κ3) is 2.49. The molecule has 1 N–H and O–H groups in total. The van der Waals surface area contributed by atoms with Crippen molar-refractivity contribution >= 4 is 33.1 Å². The van der Waals surface area contributed by atoms with Crippen molar-refractivity contribution in [1.82, 2.24) is 9.97 Å². The van der Waals surface area contributed by atoms with Gasteiger partial charge in [0, 0.05) is 10.6 Å². The van der Waals surface area contributed by atoms with Crippen molar-refractivity contribution in [2.75, 3.05) is 5.32 Å². The molecule has 0 spiro atoms. The normalized spacial score (nSPS) is 11.1. The molecule has 0 saturated heterocycles. The first kappa shape index (κ1) is 13.9. The van der Waals surface area contributed by atoms with Crippen LogP contribution in [0, 0.1) is 33.5 Å². The van der Waals surface area contributed by atoms with Crippen LogP contribution in [-0.2, 0) is 0 Å². The molecule has 0 aliphatic heterocycles. The number of nitrogens with zero attached hydrogens (tertiary/aromatic N) is 2. The number of benzene rings is 1. The molecule has 0 bridgehead atoms. The van der Waals surface area contributed by atoms with E-state index in [-0.39, 0.29) is 5.82 Å². The predicted octanol–water partition coefficient (Wildman–Crippen LogP) is 4.81. The lowest BCUT2D eigenvalue weighted by atomic mass is 10.2. The summed E-state index contributed by atoms with van der Waals surface area (Å²) in [4.78, 5) is 11.2. The minimum atomic E-state index is -0.222. The van der Waals surface area contributed by atoms with Gasteiger partial charge in [0.15, 0.2) is 0 Å². The number of hydrogen-bond acceptors (Lipinski definition) is 4. The highest BCUT2D eigenvalue weighted by atomic mass is 32.1.